The second kappa shape index (κ2) is 9.19. The van der Waals surface area contributed by atoms with Crippen molar-refractivity contribution in [3.63, 3.8) is 0 Å². The molecule has 0 aliphatic carbocycles. The standard InChI is InChI=1S/C26H28N4O3/c1-18-6-5-8-20(16-18)33-24-22-17-30(25(31)21-9-4-3-7-19(21)2)11-10-23(22)27-26(28-24)29-12-14-32-15-13-29/h3-9,16H,10-15,17H2,1-2H3. The zero-order valence-corrected chi connectivity index (χ0v) is 19.1. The van der Waals surface area contributed by atoms with Gasteiger partial charge >= 0.3 is 0 Å². The van der Waals surface area contributed by atoms with Crippen LogP contribution in [-0.4, -0.2) is 53.6 Å². The Hall–Kier alpha value is -3.45. The Morgan fingerprint density at radius 1 is 1.00 bits per heavy atom. The van der Waals surface area contributed by atoms with E-state index in [0.29, 0.717) is 44.6 Å². The third-order valence-corrected chi connectivity index (χ3v) is 6.17. The molecule has 1 fully saturated rings. The van der Waals surface area contributed by atoms with Crippen LogP contribution in [0.3, 0.4) is 0 Å². The van der Waals surface area contributed by atoms with Crippen molar-refractivity contribution in [2.75, 3.05) is 37.7 Å². The average Bonchev–Trinajstić information content (AvgIpc) is 2.84. The van der Waals surface area contributed by atoms with E-state index in [0.717, 1.165) is 46.8 Å². The Balaban J connectivity index is 1.50. The minimum absolute atomic E-state index is 0.0255. The van der Waals surface area contributed by atoms with Gasteiger partial charge in [0.05, 0.1) is 31.0 Å². The van der Waals surface area contributed by atoms with Crippen LogP contribution < -0.4 is 9.64 Å². The number of fused-ring (bicyclic) bond motifs is 1. The van der Waals surface area contributed by atoms with Crippen LogP contribution in [0.1, 0.15) is 32.7 Å². The number of hydrogen-bond acceptors (Lipinski definition) is 6. The summed E-state index contributed by atoms with van der Waals surface area (Å²) in [6, 6.07) is 15.6. The van der Waals surface area contributed by atoms with E-state index in [1.807, 2.05) is 67.3 Å². The van der Waals surface area contributed by atoms with E-state index in [4.69, 9.17) is 19.4 Å². The van der Waals surface area contributed by atoms with Gasteiger partial charge in [-0.3, -0.25) is 4.79 Å². The third kappa shape index (κ3) is 4.54. The lowest BCUT2D eigenvalue weighted by Gasteiger charge is -2.32. The monoisotopic (exact) mass is 444 g/mol. The maximum atomic E-state index is 13.3. The van der Waals surface area contributed by atoms with Crippen molar-refractivity contribution in [3.05, 3.63) is 76.5 Å². The van der Waals surface area contributed by atoms with Crippen LogP contribution in [-0.2, 0) is 17.7 Å². The number of carbonyl (C=O) groups excluding carboxylic acids is 1. The molecule has 0 N–H and O–H groups in total. The molecule has 2 aliphatic heterocycles. The second-order valence-corrected chi connectivity index (χ2v) is 8.56. The lowest BCUT2D eigenvalue weighted by molar-refractivity contribution is 0.0731. The number of amides is 1. The number of ether oxygens (including phenoxy) is 2. The number of anilines is 1. The summed E-state index contributed by atoms with van der Waals surface area (Å²) in [5, 5.41) is 0. The maximum absolute atomic E-state index is 13.3. The predicted molar refractivity (Wildman–Crippen MR) is 126 cm³/mol. The van der Waals surface area contributed by atoms with Gasteiger partial charge in [0.25, 0.3) is 5.91 Å². The largest absolute Gasteiger partial charge is 0.438 e. The number of morpholine rings is 1. The fourth-order valence-electron chi connectivity index (χ4n) is 4.31. The predicted octanol–water partition coefficient (Wildman–Crippen LogP) is 3.92. The Morgan fingerprint density at radius 2 is 1.82 bits per heavy atom. The van der Waals surface area contributed by atoms with E-state index < -0.39 is 0 Å². The summed E-state index contributed by atoms with van der Waals surface area (Å²) in [4.78, 5) is 27.0. The van der Waals surface area contributed by atoms with Crippen LogP contribution in [0.15, 0.2) is 48.5 Å². The molecule has 3 heterocycles. The van der Waals surface area contributed by atoms with Crippen molar-refractivity contribution in [1.82, 2.24) is 14.9 Å². The minimum atomic E-state index is 0.0255. The van der Waals surface area contributed by atoms with Crippen molar-refractivity contribution in [2.24, 2.45) is 0 Å². The van der Waals surface area contributed by atoms with Crippen molar-refractivity contribution in [1.29, 1.82) is 0 Å². The number of nitrogens with zero attached hydrogens (tertiary/aromatic N) is 4. The quantitative estimate of drug-likeness (QED) is 0.608. The van der Waals surface area contributed by atoms with Crippen LogP contribution in [0.4, 0.5) is 5.95 Å². The number of benzene rings is 2. The van der Waals surface area contributed by atoms with Gasteiger partial charge in [0, 0.05) is 31.6 Å². The van der Waals surface area contributed by atoms with Crippen molar-refractivity contribution in [3.8, 4) is 11.6 Å². The van der Waals surface area contributed by atoms with Crippen LogP contribution in [0.5, 0.6) is 11.6 Å². The summed E-state index contributed by atoms with van der Waals surface area (Å²) in [6.07, 6.45) is 0.664. The second-order valence-electron chi connectivity index (χ2n) is 8.56. The molecule has 0 atom stereocenters. The molecule has 0 unspecified atom stereocenters. The molecule has 170 valence electrons. The van der Waals surface area contributed by atoms with E-state index in [-0.39, 0.29) is 5.91 Å². The van der Waals surface area contributed by atoms with Gasteiger partial charge in [-0.25, -0.2) is 4.98 Å². The zero-order chi connectivity index (χ0) is 22.8. The summed E-state index contributed by atoms with van der Waals surface area (Å²) in [7, 11) is 0. The molecular formula is C26H28N4O3. The van der Waals surface area contributed by atoms with Crippen LogP contribution in [0.25, 0.3) is 0 Å². The molecule has 5 rings (SSSR count). The molecule has 7 nitrogen and oxygen atoms in total. The molecule has 3 aromatic rings. The number of carbonyl (C=O) groups is 1. The molecule has 1 amide bonds. The van der Waals surface area contributed by atoms with Gasteiger partial charge in [-0.1, -0.05) is 30.3 Å². The Morgan fingerprint density at radius 3 is 2.61 bits per heavy atom. The first-order chi connectivity index (χ1) is 16.1. The fourth-order valence-corrected chi connectivity index (χ4v) is 4.31. The van der Waals surface area contributed by atoms with Crippen molar-refractivity contribution in [2.45, 2.75) is 26.8 Å². The SMILES string of the molecule is Cc1cccc(Oc2nc(N3CCOCC3)nc3c2CN(C(=O)c2ccccc2C)CC3)c1. The minimum Gasteiger partial charge on any atom is -0.438 e. The van der Waals surface area contributed by atoms with E-state index in [2.05, 4.69) is 4.90 Å². The molecule has 2 aromatic carbocycles. The fraction of sp³-hybridized carbons (Fsp3) is 0.346. The number of aromatic nitrogens is 2. The molecule has 7 heteroatoms. The molecule has 0 saturated carbocycles. The Labute approximate surface area is 194 Å². The highest BCUT2D eigenvalue weighted by atomic mass is 16.5. The Kier molecular flexibility index (Phi) is 5.96. The highest BCUT2D eigenvalue weighted by Crippen LogP contribution is 2.32. The van der Waals surface area contributed by atoms with Crippen molar-refractivity contribution < 1.29 is 14.3 Å². The molecular weight excluding hydrogens is 416 g/mol. The lowest BCUT2D eigenvalue weighted by Crippen LogP contribution is -2.39. The molecule has 2 aliphatic rings. The molecule has 0 bridgehead atoms. The first-order valence-corrected chi connectivity index (χ1v) is 11.4. The van der Waals surface area contributed by atoms with Gasteiger partial charge in [-0.15, -0.1) is 0 Å². The topological polar surface area (TPSA) is 67.8 Å². The summed E-state index contributed by atoms with van der Waals surface area (Å²) in [6.45, 7) is 7.86. The summed E-state index contributed by atoms with van der Waals surface area (Å²) in [5.41, 5.74) is 4.64. The first-order valence-electron chi connectivity index (χ1n) is 11.4. The van der Waals surface area contributed by atoms with Gasteiger partial charge in [0.1, 0.15) is 5.75 Å². The smallest absolute Gasteiger partial charge is 0.254 e. The van der Waals surface area contributed by atoms with Gasteiger partial charge in [-0.05, 0) is 43.2 Å². The van der Waals surface area contributed by atoms with E-state index in [1.165, 1.54) is 0 Å². The third-order valence-electron chi connectivity index (χ3n) is 6.17. The van der Waals surface area contributed by atoms with E-state index in [9.17, 15) is 4.79 Å². The first kappa shape index (κ1) is 21.4. The lowest BCUT2D eigenvalue weighted by atomic mass is 10.0. The van der Waals surface area contributed by atoms with E-state index >= 15 is 0 Å². The van der Waals surface area contributed by atoms with E-state index in [1.54, 1.807) is 0 Å². The van der Waals surface area contributed by atoms with Crippen LogP contribution >= 0.6 is 0 Å². The van der Waals surface area contributed by atoms with Crippen molar-refractivity contribution >= 4 is 11.9 Å². The molecule has 33 heavy (non-hydrogen) atoms. The van der Waals surface area contributed by atoms with Gasteiger partial charge < -0.3 is 19.3 Å². The highest BCUT2D eigenvalue weighted by Gasteiger charge is 2.29. The molecule has 0 radical (unpaired) electrons. The number of rotatable bonds is 4. The number of hydrogen-bond donors (Lipinski definition) is 0. The number of aryl methyl sites for hydroxylation is 2. The summed E-state index contributed by atoms with van der Waals surface area (Å²) in [5.74, 6) is 1.94. The summed E-state index contributed by atoms with van der Waals surface area (Å²) >= 11 is 0. The van der Waals surface area contributed by atoms with Gasteiger partial charge in [0.15, 0.2) is 0 Å². The molecule has 1 aromatic heterocycles. The summed E-state index contributed by atoms with van der Waals surface area (Å²) < 4.78 is 11.8. The average molecular weight is 445 g/mol. The van der Waals surface area contributed by atoms with Crippen LogP contribution in [0, 0.1) is 13.8 Å². The zero-order valence-electron chi connectivity index (χ0n) is 19.1. The van der Waals surface area contributed by atoms with Crippen LogP contribution in [0.2, 0.25) is 0 Å². The normalized spacial score (nSPS) is 15.8. The van der Waals surface area contributed by atoms with Gasteiger partial charge in [-0.2, -0.15) is 4.98 Å². The maximum Gasteiger partial charge on any atom is 0.254 e. The van der Waals surface area contributed by atoms with Gasteiger partial charge in [0.2, 0.25) is 11.8 Å². The Bertz CT molecular complexity index is 1170. The molecule has 1 saturated heterocycles. The molecule has 0 spiro atoms. The highest BCUT2D eigenvalue weighted by molar-refractivity contribution is 5.95.